The van der Waals surface area contributed by atoms with E-state index in [0.717, 1.165) is 4.90 Å². The van der Waals surface area contributed by atoms with Crippen LogP contribution in [0.2, 0.25) is 0 Å². The summed E-state index contributed by atoms with van der Waals surface area (Å²) in [7, 11) is 1.37. The van der Waals surface area contributed by atoms with Crippen LogP contribution in [0.1, 0.15) is 5.69 Å². The van der Waals surface area contributed by atoms with Gasteiger partial charge in [0.25, 0.3) is 0 Å². The molecule has 6 nitrogen and oxygen atoms in total. The quantitative estimate of drug-likeness (QED) is 0.690. The summed E-state index contributed by atoms with van der Waals surface area (Å²) < 4.78 is 43.7. The van der Waals surface area contributed by atoms with Crippen LogP contribution in [0, 0.1) is 6.92 Å². The van der Waals surface area contributed by atoms with E-state index in [0.29, 0.717) is 16.9 Å². The second-order valence-electron chi connectivity index (χ2n) is 5.99. The highest BCUT2D eigenvalue weighted by Crippen LogP contribution is 2.34. The Morgan fingerprint density at radius 1 is 1.14 bits per heavy atom. The molecule has 0 aliphatic heterocycles. The van der Waals surface area contributed by atoms with E-state index in [1.165, 1.54) is 29.9 Å². The normalized spacial score (nSPS) is 11.3. The molecule has 1 N–H and O–H groups in total. The fourth-order valence-electron chi connectivity index (χ4n) is 2.71. The van der Waals surface area contributed by atoms with Gasteiger partial charge in [-0.15, -0.1) is 18.3 Å². The summed E-state index contributed by atoms with van der Waals surface area (Å²) in [5.74, 6) is -0.0770. The Bertz CT molecular complexity index is 1010. The fourth-order valence-corrected chi connectivity index (χ4v) is 2.71. The van der Waals surface area contributed by atoms with E-state index in [1.807, 2.05) is 0 Å². The van der Waals surface area contributed by atoms with Crippen LogP contribution < -0.4 is 9.64 Å². The topological polar surface area (TPSA) is 67.6 Å². The third kappa shape index (κ3) is 4.08. The monoisotopic (exact) mass is 391 g/mol. The minimum Gasteiger partial charge on any atom is -0.465 e. The predicted molar refractivity (Wildman–Crippen MR) is 96.8 cm³/mol. The maximum Gasteiger partial charge on any atom is 0.573 e. The van der Waals surface area contributed by atoms with Gasteiger partial charge in [-0.25, -0.2) is 9.48 Å². The average Bonchev–Trinajstić information content (AvgIpc) is 3.02. The first-order valence-electron chi connectivity index (χ1n) is 8.14. The number of ether oxygens (including phenoxy) is 1. The molecule has 0 saturated carbocycles. The standard InChI is InChI=1S/C19H16F3N3O3/c1-12-10-17(24(2)18(26)27)23-25(12)14-7-5-6-13(11-14)15-8-3-4-9-16(15)28-19(20,21)22/h3-11H,1-2H3,(H,26,27). The minimum absolute atomic E-state index is 0.233. The van der Waals surface area contributed by atoms with Gasteiger partial charge in [0.1, 0.15) is 5.75 Å². The Balaban J connectivity index is 2.02. The average molecular weight is 391 g/mol. The van der Waals surface area contributed by atoms with Crippen LogP contribution in [0.5, 0.6) is 5.75 Å². The Kier molecular flexibility index (Phi) is 5.00. The zero-order valence-electron chi connectivity index (χ0n) is 14.9. The highest BCUT2D eigenvalue weighted by atomic mass is 19.4. The highest BCUT2D eigenvalue weighted by molar-refractivity contribution is 5.84. The molecule has 0 unspecified atom stereocenters. The molecule has 1 amide bonds. The van der Waals surface area contributed by atoms with E-state index in [4.69, 9.17) is 5.11 Å². The molecule has 0 spiro atoms. The molecule has 28 heavy (non-hydrogen) atoms. The number of aromatic nitrogens is 2. The van der Waals surface area contributed by atoms with Gasteiger partial charge < -0.3 is 9.84 Å². The maximum absolute atomic E-state index is 12.7. The lowest BCUT2D eigenvalue weighted by molar-refractivity contribution is -0.274. The zero-order valence-corrected chi connectivity index (χ0v) is 14.9. The second kappa shape index (κ2) is 7.26. The molecule has 3 aromatic rings. The van der Waals surface area contributed by atoms with Gasteiger partial charge in [-0.1, -0.05) is 30.3 Å². The summed E-state index contributed by atoms with van der Waals surface area (Å²) in [6.45, 7) is 1.75. The molecule has 146 valence electrons. The van der Waals surface area contributed by atoms with Crippen LogP contribution in [-0.2, 0) is 0 Å². The first kappa shape index (κ1) is 19.3. The number of para-hydroxylation sites is 1. The van der Waals surface area contributed by atoms with Crippen LogP contribution >= 0.6 is 0 Å². The van der Waals surface area contributed by atoms with Crippen LogP contribution in [0.25, 0.3) is 16.8 Å². The van der Waals surface area contributed by atoms with Gasteiger partial charge in [-0.2, -0.15) is 0 Å². The number of benzene rings is 2. The molecule has 3 rings (SSSR count). The smallest absolute Gasteiger partial charge is 0.465 e. The van der Waals surface area contributed by atoms with Crippen LogP contribution in [0.15, 0.2) is 54.6 Å². The first-order chi connectivity index (χ1) is 13.2. The van der Waals surface area contributed by atoms with Crippen molar-refractivity contribution in [3.05, 3.63) is 60.3 Å². The molecule has 0 radical (unpaired) electrons. The molecule has 0 aliphatic rings. The Labute approximate surface area is 158 Å². The minimum atomic E-state index is -4.80. The van der Waals surface area contributed by atoms with Crippen molar-refractivity contribution in [3.63, 3.8) is 0 Å². The molecular weight excluding hydrogens is 375 g/mol. The van der Waals surface area contributed by atoms with Gasteiger partial charge in [0.05, 0.1) is 5.69 Å². The van der Waals surface area contributed by atoms with Crippen molar-refractivity contribution in [2.45, 2.75) is 13.3 Å². The Hall–Kier alpha value is -3.49. The number of aryl methyl sites for hydroxylation is 1. The van der Waals surface area contributed by atoms with Gasteiger partial charge in [0.15, 0.2) is 5.82 Å². The van der Waals surface area contributed by atoms with Crippen LogP contribution in [0.3, 0.4) is 0 Å². The number of alkyl halides is 3. The van der Waals surface area contributed by atoms with E-state index in [-0.39, 0.29) is 17.1 Å². The van der Waals surface area contributed by atoms with Crippen molar-refractivity contribution in [2.75, 3.05) is 11.9 Å². The number of nitrogens with zero attached hydrogens (tertiary/aromatic N) is 3. The molecule has 1 aromatic heterocycles. The zero-order chi connectivity index (χ0) is 20.5. The number of halogens is 3. The van der Waals surface area contributed by atoms with Gasteiger partial charge >= 0.3 is 12.5 Å². The van der Waals surface area contributed by atoms with Gasteiger partial charge in [-0.05, 0) is 30.7 Å². The molecule has 0 fully saturated rings. The Morgan fingerprint density at radius 2 is 1.86 bits per heavy atom. The summed E-state index contributed by atoms with van der Waals surface area (Å²) in [5, 5.41) is 13.4. The van der Waals surface area contributed by atoms with Crippen LogP contribution in [-0.4, -0.2) is 34.4 Å². The van der Waals surface area contributed by atoms with Crippen molar-refractivity contribution in [1.29, 1.82) is 0 Å². The summed E-state index contributed by atoms with van der Waals surface area (Å²) in [4.78, 5) is 12.1. The first-order valence-corrected chi connectivity index (χ1v) is 8.14. The molecule has 0 bridgehead atoms. The molecular formula is C19H16F3N3O3. The largest absolute Gasteiger partial charge is 0.573 e. The number of hydrogen-bond acceptors (Lipinski definition) is 3. The second-order valence-corrected chi connectivity index (χ2v) is 5.99. The number of rotatable bonds is 4. The third-order valence-electron chi connectivity index (χ3n) is 4.02. The lowest BCUT2D eigenvalue weighted by Crippen LogP contribution is -2.24. The molecule has 9 heteroatoms. The lowest BCUT2D eigenvalue weighted by Gasteiger charge is -2.14. The molecule has 0 saturated heterocycles. The molecule has 0 atom stereocenters. The molecule has 1 heterocycles. The van der Waals surface area contributed by atoms with Crippen molar-refractivity contribution in [2.24, 2.45) is 0 Å². The fraction of sp³-hybridized carbons (Fsp3) is 0.158. The van der Waals surface area contributed by atoms with Crippen molar-refractivity contribution in [3.8, 4) is 22.6 Å². The SMILES string of the molecule is Cc1cc(N(C)C(=O)O)nn1-c1cccc(-c2ccccc2OC(F)(F)F)c1. The van der Waals surface area contributed by atoms with Crippen molar-refractivity contribution >= 4 is 11.9 Å². The van der Waals surface area contributed by atoms with Gasteiger partial charge in [0.2, 0.25) is 0 Å². The number of carbonyl (C=O) groups is 1. The number of amides is 1. The summed E-state index contributed by atoms with van der Waals surface area (Å²) in [5.41, 5.74) is 2.01. The number of hydrogen-bond donors (Lipinski definition) is 1. The molecule has 0 aliphatic carbocycles. The maximum atomic E-state index is 12.7. The van der Waals surface area contributed by atoms with E-state index < -0.39 is 12.5 Å². The molecule has 2 aromatic carbocycles. The summed E-state index contributed by atoms with van der Waals surface area (Å²) in [6, 6.07) is 14.2. The van der Waals surface area contributed by atoms with Gasteiger partial charge in [0, 0.05) is 24.4 Å². The van der Waals surface area contributed by atoms with Crippen LogP contribution in [0.4, 0.5) is 23.8 Å². The van der Waals surface area contributed by atoms with E-state index in [9.17, 15) is 18.0 Å². The summed E-state index contributed by atoms with van der Waals surface area (Å²) >= 11 is 0. The van der Waals surface area contributed by atoms with Crippen molar-refractivity contribution < 1.29 is 27.8 Å². The van der Waals surface area contributed by atoms with Crippen molar-refractivity contribution in [1.82, 2.24) is 9.78 Å². The highest BCUT2D eigenvalue weighted by Gasteiger charge is 2.32. The van der Waals surface area contributed by atoms with E-state index in [1.54, 1.807) is 43.3 Å². The number of carboxylic acid groups (broad SMARTS) is 1. The van der Waals surface area contributed by atoms with E-state index in [2.05, 4.69) is 9.84 Å². The van der Waals surface area contributed by atoms with Gasteiger partial charge in [-0.3, -0.25) is 4.90 Å². The lowest BCUT2D eigenvalue weighted by atomic mass is 10.0. The predicted octanol–water partition coefficient (Wildman–Crippen LogP) is 4.86. The summed E-state index contributed by atoms with van der Waals surface area (Å²) in [6.07, 6.45) is -5.96. The number of anilines is 1. The third-order valence-corrected chi connectivity index (χ3v) is 4.02. The van der Waals surface area contributed by atoms with E-state index >= 15 is 0 Å². The Morgan fingerprint density at radius 3 is 2.54 bits per heavy atom.